The van der Waals surface area contributed by atoms with Crippen LogP contribution in [0.1, 0.15) is 30.9 Å². The monoisotopic (exact) mass is 288 g/mol. The number of benzene rings is 1. The van der Waals surface area contributed by atoms with Gasteiger partial charge in [0.2, 0.25) is 5.91 Å². The van der Waals surface area contributed by atoms with E-state index in [-0.39, 0.29) is 5.91 Å². The van der Waals surface area contributed by atoms with Crippen LogP contribution in [0.5, 0.6) is 0 Å². The highest BCUT2D eigenvalue weighted by molar-refractivity contribution is 8.00. The van der Waals surface area contributed by atoms with Crippen molar-refractivity contribution < 1.29 is 4.79 Å². The highest BCUT2D eigenvalue weighted by atomic mass is 32.2. The Labute approximate surface area is 124 Å². The Morgan fingerprint density at radius 3 is 2.75 bits per heavy atom. The molecule has 20 heavy (non-hydrogen) atoms. The number of hydrogen-bond acceptors (Lipinski definition) is 3. The minimum atomic E-state index is -0.694. The molecule has 1 aliphatic rings. The molecular weight excluding hydrogens is 268 g/mol. The molecule has 0 saturated heterocycles. The van der Waals surface area contributed by atoms with E-state index in [0.717, 1.165) is 17.7 Å². The molecule has 0 spiro atoms. The number of thioether (sulfide) groups is 1. The lowest BCUT2D eigenvalue weighted by Crippen LogP contribution is -2.47. The van der Waals surface area contributed by atoms with Crippen LogP contribution in [-0.4, -0.2) is 17.2 Å². The number of carbonyl (C=O) groups excluding carboxylic acids is 1. The normalized spacial score (nSPS) is 17.1. The second-order valence-corrected chi connectivity index (χ2v) is 6.71. The van der Waals surface area contributed by atoms with Crippen molar-refractivity contribution in [3.05, 3.63) is 29.3 Å². The standard InChI is InChI=1S/C16H20N2OS/c1-11-4-7-14(12(2)8-11)20-9-15(19)18-16(3,10-17)13-5-6-13/h4,7-8,13H,5-6,9H2,1-3H3,(H,18,19)/t16-/m1/s1. The van der Waals surface area contributed by atoms with Crippen LogP contribution < -0.4 is 5.32 Å². The van der Waals surface area contributed by atoms with Gasteiger partial charge in [-0.3, -0.25) is 4.79 Å². The lowest BCUT2D eigenvalue weighted by molar-refractivity contribution is -0.119. The molecule has 1 aromatic carbocycles. The summed E-state index contributed by atoms with van der Waals surface area (Å²) in [6.45, 7) is 5.93. The third-order valence-electron chi connectivity index (χ3n) is 3.71. The highest BCUT2D eigenvalue weighted by Crippen LogP contribution is 2.39. The van der Waals surface area contributed by atoms with Crippen LogP contribution in [0.25, 0.3) is 0 Å². The van der Waals surface area contributed by atoms with Crippen LogP contribution >= 0.6 is 11.8 Å². The molecular formula is C16H20N2OS. The summed E-state index contributed by atoms with van der Waals surface area (Å²) in [7, 11) is 0. The van der Waals surface area contributed by atoms with Gasteiger partial charge in [0.05, 0.1) is 11.8 Å². The summed E-state index contributed by atoms with van der Waals surface area (Å²) >= 11 is 1.53. The lowest BCUT2D eigenvalue weighted by atomic mass is 9.98. The topological polar surface area (TPSA) is 52.9 Å². The van der Waals surface area contributed by atoms with Crippen molar-refractivity contribution in [3.63, 3.8) is 0 Å². The molecule has 1 N–H and O–H groups in total. The minimum absolute atomic E-state index is 0.0640. The zero-order chi connectivity index (χ0) is 14.8. The fourth-order valence-electron chi connectivity index (χ4n) is 2.31. The first kappa shape index (κ1) is 14.9. The minimum Gasteiger partial charge on any atom is -0.337 e. The smallest absolute Gasteiger partial charge is 0.231 e. The first-order valence-electron chi connectivity index (χ1n) is 6.87. The predicted molar refractivity (Wildman–Crippen MR) is 81.5 cm³/mol. The molecule has 1 saturated carbocycles. The van der Waals surface area contributed by atoms with Gasteiger partial charge in [-0.15, -0.1) is 11.8 Å². The van der Waals surface area contributed by atoms with E-state index in [9.17, 15) is 10.1 Å². The van der Waals surface area contributed by atoms with Crippen molar-refractivity contribution in [2.45, 2.75) is 44.0 Å². The molecule has 0 unspecified atom stereocenters. The number of nitriles is 1. The molecule has 0 aromatic heterocycles. The predicted octanol–water partition coefficient (Wildman–Crippen LogP) is 3.20. The second-order valence-electron chi connectivity index (χ2n) is 5.69. The summed E-state index contributed by atoms with van der Waals surface area (Å²) in [5.41, 5.74) is 1.72. The number of nitrogens with zero attached hydrogens (tertiary/aromatic N) is 1. The molecule has 106 valence electrons. The Hall–Kier alpha value is -1.47. The van der Waals surface area contributed by atoms with Crippen molar-refractivity contribution in [1.82, 2.24) is 5.32 Å². The number of aryl methyl sites for hydroxylation is 2. The van der Waals surface area contributed by atoms with Crippen LogP contribution in [0.2, 0.25) is 0 Å². The first-order valence-corrected chi connectivity index (χ1v) is 7.85. The van der Waals surface area contributed by atoms with E-state index in [1.54, 1.807) is 0 Å². The molecule has 1 amide bonds. The Morgan fingerprint density at radius 1 is 1.50 bits per heavy atom. The van der Waals surface area contributed by atoms with Gasteiger partial charge in [-0.2, -0.15) is 5.26 Å². The summed E-state index contributed by atoms with van der Waals surface area (Å²) in [5, 5.41) is 12.1. The molecule has 0 aliphatic heterocycles. The summed E-state index contributed by atoms with van der Waals surface area (Å²) < 4.78 is 0. The molecule has 1 aromatic rings. The quantitative estimate of drug-likeness (QED) is 0.846. The Kier molecular flexibility index (Phi) is 4.39. The average Bonchev–Trinajstić information content (AvgIpc) is 3.22. The van der Waals surface area contributed by atoms with Crippen molar-refractivity contribution in [3.8, 4) is 6.07 Å². The summed E-state index contributed by atoms with van der Waals surface area (Å²) in [5.74, 6) is 0.613. The van der Waals surface area contributed by atoms with Crippen LogP contribution in [0.3, 0.4) is 0 Å². The molecule has 2 rings (SSSR count). The first-order chi connectivity index (χ1) is 9.44. The van der Waals surface area contributed by atoms with Crippen LogP contribution in [0.4, 0.5) is 0 Å². The summed E-state index contributed by atoms with van der Waals surface area (Å²) in [6.07, 6.45) is 2.07. The highest BCUT2D eigenvalue weighted by Gasteiger charge is 2.42. The number of hydrogen-bond donors (Lipinski definition) is 1. The number of nitrogens with one attached hydrogen (secondary N) is 1. The third kappa shape index (κ3) is 3.55. The third-order valence-corrected chi connectivity index (χ3v) is 4.89. The van der Waals surface area contributed by atoms with Gasteiger partial charge in [-0.25, -0.2) is 0 Å². The van der Waals surface area contributed by atoms with Crippen molar-refractivity contribution in [2.75, 3.05) is 5.75 Å². The summed E-state index contributed by atoms with van der Waals surface area (Å²) in [4.78, 5) is 13.1. The molecule has 1 aliphatic carbocycles. The molecule has 0 bridgehead atoms. The zero-order valence-electron chi connectivity index (χ0n) is 12.2. The molecule has 1 atom stereocenters. The van der Waals surface area contributed by atoms with Crippen LogP contribution in [0, 0.1) is 31.1 Å². The van der Waals surface area contributed by atoms with E-state index in [0.29, 0.717) is 11.7 Å². The van der Waals surface area contributed by atoms with Gasteiger partial charge in [0.1, 0.15) is 5.54 Å². The molecule has 3 nitrogen and oxygen atoms in total. The van der Waals surface area contributed by atoms with Crippen molar-refractivity contribution in [2.24, 2.45) is 5.92 Å². The maximum atomic E-state index is 12.0. The van der Waals surface area contributed by atoms with E-state index in [4.69, 9.17) is 0 Å². The SMILES string of the molecule is Cc1ccc(SCC(=O)N[C@](C)(C#N)C2CC2)c(C)c1. The van der Waals surface area contributed by atoms with E-state index in [2.05, 4.69) is 37.4 Å². The maximum Gasteiger partial charge on any atom is 0.231 e. The van der Waals surface area contributed by atoms with Gasteiger partial charge in [0.25, 0.3) is 0 Å². The molecule has 1 fully saturated rings. The Bertz CT molecular complexity index is 560. The largest absolute Gasteiger partial charge is 0.337 e. The molecule has 4 heteroatoms. The fraction of sp³-hybridized carbons (Fsp3) is 0.500. The van der Waals surface area contributed by atoms with E-state index in [1.807, 2.05) is 13.0 Å². The number of amides is 1. The number of rotatable bonds is 5. The fourth-order valence-corrected chi connectivity index (χ4v) is 3.12. The zero-order valence-corrected chi connectivity index (χ0v) is 13.0. The lowest BCUT2D eigenvalue weighted by Gasteiger charge is -2.22. The van der Waals surface area contributed by atoms with Gasteiger partial charge in [0, 0.05) is 4.90 Å². The van der Waals surface area contributed by atoms with E-state index < -0.39 is 5.54 Å². The van der Waals surface area contributed by atoms with Gasteiger partial charge in [0.15, 0.2) is 0 Å². The van der Waals surface area contributed by atoms with Gasteiger partial charge in [-0.1, -0.05) is 17.7 Å². The van der Waals surface area contributed by atoms with Gasteiger partial charge >= 0.3 is 0 Å². The van der Waals surface area contributed by atoms with Crippen molar-refractivity contribution >= 4 is 17.7 Å². The Morgan fingerprint density at radius 2 is 2.20 bits per heavy atom. The van der Waals surface area contributed by atoms with Crippen molar-refractivity contribution in [1.29, 1.82) is 5.26 Å². The Balaban J connectivity index is 1.90. The van der Waals surface area contributed by atoms with E-state index >= 15 is 0 Å². The van der Waals surface area contributed by atoms with E-state index in [1.165, 1.54) is 22.9 Å². The molecule has 0 heterocycles. The second kappa shape index (κ2) is 5.88. The molecule has 0 radical (unpaired) electrons. The number of carbonyl (C=O) groups is 1. The van der Waals surface area contributed by atoms with Gasteiger partial charge < -0.3 is 5.32 Å². The van der Waals surface area contributed by atoms with Crippen LogP contribution in [0.15, 0.2) is 23.1 Å². The maximum absolute atomic E-state index is 12.0. The van der Waals surface area contributed by atoms with Gasteiger partial charge in [-0.05, 0) is 51.2 Å². The average molecular weight is 288 g/mol. The summed E-state index contributed by atoms with van der Waals surface area (Å²) in [6, 6.07) is 8.46. The van der Waals surface area contributed by atoms with Crippen LogP contribution in [-0.2, 0) is 4.79 Å².